The fourth-order valence-electron chi connectivity index (χ4n) is 3.08. The molecule has 3 aromatic rings. The molecule has 142 valence electrons. The average Bonchev–Trinajstić information content (AvgIpc) is 2.71. The molecule has 0 aliphatic carbocycles. The fourth-order valence-corrected chi connectivity index (χ4v) is 3.08. The Kier molecular flexibility index (Phi) is 6.22. The highest BCUT2D eigenvalue weighted by Crippen LogP contribution is 2.24. The number of nitrogens with one attached hydrogen (secondary N) is 2. The van der Waals surface area contributed by atoms with Gasteiger partial charge in [-0.2, -0.15) is 0 Å². The Morgan fingerprint density at radius 3 is 1.89 bits per heavy atom. The first-order valence-electron chi connectivity index (χ1n) is 9.29. The molecule has 3 aromatic carbocycles. The molecule has 0 atom stereocenters. The molecule has 28 heavy (non-hydrogen) atoms. The number of hydrogen-bond donors (Lipinski definition) is 2. The second-order valence-electron chi connectivity index (χ2n) is 6.82. The minimum Gasteiger partial charge on any atom is -0.346 e. The summed E-state index contributed by atoms with van der Waals surface area (Å²) in [6.07, 6.45) is 0. The Bertz CT molecular complexity index is 913. The number of carbonyl (C=O) groups excluding carboxylic acids is 2. The molecule has 0 saturated heterocycles. The van der Waals surface area contributed by atoms with E-state index in [0.717, 1.165) is 22.4 Å². The summed E-state index contributed by atoms with van der Waals surface area (Å²) >= 11 is 0. The minimum absolute atomic E-state index is 0.0814. The van der Waals surface area contributed by atoms with Crippen molar-refractivity contribution in [3.8, 4) is 0 Å². The van der Waals surface area contributed by atoms with Gasteiger partial charge in [0, 0.05) is 5.69 Å². The van der Waals surface area contributed by atoms with Crippen LogP contribution in [0, 0.1) is 13.8 Å². The normalized spacial score (nSPS) is 10.5. The number of aryl methyl sites for hydroxylation is 2. The third-order valence-electron chi connectivity index (χ3n) is 4.74. The Morgan fingerprint density at radius 1 is 0.786 bits per heavy atom. The molecule has 0 fully saturated rings. The Labute approximate surface area is 165 Å². The van der Waals surface area contributed by atoms with Crippen LogP contribution in [-0.2, 0) is 9.59 Å². The molecule has 4 nitrogen and oxygen atoms in total. The molecular formula is C24H24N2O2. The van der Waals surface area contributed by atoms with Gasteiger partial charge < -0.3 is 10.6 Å². The van der Waals surface area contributed by atoms with E-state index < -0.39 is 5.92 Å². The predicted molar refractivity (Wildman–Crippen MR) is 112 cm³/mol. The average molecular weight is 372 g/mol. The van der Waals surface area contributed by atoms with Crippen LogP contribution >= 0.6 is 0 Å². The lowest BCUT2D eigenvalue weighted by atomic mass is 9.90. The van der Waals surface area contributed by atoms with Crippen LogP contribution in [0.4, 0.5) is 5.69 Å². The predicted octanol–water partition coefficient (Wildman–Crippen LogP) is 4.19. The van der Waals surface area contributed by atoms with Crippen LogP contribution in [0.1, 0.15) is 28.2 Å². The van der Waals surface area contributed by atoms with Crippen molar-refractivity contribution in [2.45, 2.75) is 19.8 Å². The molecule has 3 rings (SSSR count). The lowest BCUT2D eigenvalue weighted by Gasteiger charge is -2.18. The summed E-state index contributed by atoms with van der Waals surface area (Å²) in [5.41, 5.74) is 4.78. The van der Waals surface area contributed by atoms with E-state index in [4.69, 9.17) is 0 Å². The summed E-state index contributed by atoms with van der Waals surface area (Å²) in [5, 5.41) is 5.60. The van der Waals surface area contributed by atoms with Crippen LogP contribution in [0.5, 0.6) is 0 Å². The molecular weight excluding hydrogens is 348 g/mol. The zero-order chi connectivity index (χ0) is 19.9. The van der Waals surface area contributed by atoms with Gasteiger partial charge in [0.25, 0.3) is 0 Å². The molecule has 0 radical (unpaired) electrons. The third-order valence-corrected chi connectivity index (χ3v) is 4.74. The number of hydrogen-bond acceptors (Lipinski definition) is 2. The van der Waals surface area contributed by atoms with Gasteiger partial charge in [-0.25, -0.2) is 0 Å². The topological polar surface area (TPSA) is 58.2 Å². The Hall–Kier alpha value is -3.40. The number of benzene rings is 3. The van der Waals surface area contributed by atoms with Crippen molar-refractivity contribution in [3.05, 3.63) is 101 Å². The van der Waals surface area contributed by atoms with Crippen molar-refractivity contribution >= 4 is 17.5 Å². The number of amides is 2. The molecule has 0 aliphatic rings. The Balaban J connectivity index is 1.68. The maximum absolute atomic E-state index is 12.9. The van der Waals surface area contributed by atoms with Gasteiger partial charge in [0.2, 0.25) is 11.8 Å². The van der Waals surface area contributed by atoms with Gasteiger partial charge in [-0.05, 0) is 48.2 Å². The molecule has 0 aliphatic heterocycles. The van der Waals surface area contributed by atoms with Gasteiger partial charge in [0.05, 0.1) is 12.5 Å². The van der Waals surface area contributed by atoms with Gasteiger partial charge in [-0.3, -0.25) is 9.59 Å². The van der Waals surface area contributed by atoms with E-state index in [1.165, 1.54) is 5.56 Å². The van der Waals surface area contributed by atoms with E-state index in [1.807, 2.05) is 92.7 Å². The molecule has 0 saturated carbocycles. The minimum atomic E-state index is -0.461. The molecule has 2 amide bonds. The maximum Gasteiger partial charge on any atom is 0.243 e. The van der Waals surface area contributed by atoms with E-state index in [9.17, 15) is 9.59 Å². The smallest absolute Gasteiger partial charge is 0.243 e. The summed E-state index contributed by atoms with van der Waals surface area (Å²) in [6, 6.07) is 24.9. The first-order valence-corrected chi connectivity index (χ1v) is 9.29. The Morgan fingerprint density at radius 2 is 1.36 bits per heavy atom. The fraction of sp³-hybridized carbons (Fsp3) is 0.167. The van der Waals surface area contributed by atoms with Crippen molar-refractivity contribution in [3.63, 3.8) is 0 Å². The summed E-state index contributed by atoms with van der Waals surface area (Å²) in [7, 11) is 0. The van der Waals surface area contributed by atoms with Crippen molar-refractivity contribution in [1.29, 1.82) is 0 Å². The van der Waals surface area contributed by atoms with Gasteiger partial charge in [0.1, 0.15) is 0 Å². The highest BCUT2D eigenvalue weighted by molar-refractivity contribution is 5.96. The van der Waals surface area contributed by atoms with Crippen LogP contribution in [0.3, 0.4) is 0 Å². The largest absolute Gasteiger partial charge is 0.346 e. The summed E-state index contributed by atoms with van der Waals surface area (Å²) < 4.78 is 0. The highest BCUT2D eigenvalue weighted by Gasteiger charge is 2.22. The van der Waals surface area contributed by atoms with E-state index in [1.54, 1.807) is 0 Å². The van der Waals surface area contributed by atoms with E-state index in [2.05, 4.69) is 10.6 Å². The van der Waals surface area contributed by atoms with Crippen LogP contribution < -0.4 is 10.6 Å². The van der Waals surface area contributed by atoms with Gasteiger partial charge in [0.15, 0.2) is 0 Å². The molecule has 2 N–H and O–H groups in total. The monoisotopic (exact) mass is 372 g/mol. The van der Waals surface area contributed by atoms with Crippen molar-refractivity contribution in [1.82, 2.24) is 5.32 Å². The summed E-state index contributed by atoms with van der Waals surface area (Å²) in [6.45, 7) is 3.94. The van der Waals surface area contributed by atoms with E-state index in [-0.39, 0.29) is 18.4 Å². The quantitative estimate of drug-likeness (QED) is 0.682. The third kappa shape index (κ3) is 4.86. The van der Waals surface area contributed by atoms with Crippen molar-refractivity contribution in [2.75, 3.05) is 11.9 Å². The SMILES string of the molecule is Cc1ccc(NC(=O)CNC(=O)C(c2ccccc2)c2ccccc2)cc1C. The molecule has 0 spiro atoms. The van der Waals surface area contributed by atoms with E-state index >= 15 is 0 Å². The standard InChI is InChI=1S/C24H24N2O2/c1-17-13-14-21(15-18(17)2)26-22(27)16-25-24(28)23(19-9-5-3-6-10-19)20-11-7-4-8-12-20/h3-15,23H,16H2,1-2H3,(H,25,28)(H,26,27). The van der Waals surface area contributed by atoms with E-state index in [0.29, 0.717) is 0 Å². The second kappa shape index (κ2) is 9.00. The summed E-state index contributed by atoms with van der Waals surface area (Å²) in [4.78, 5) is 25.2. The first kappa shape index (κ1) is 19.4. The van der Waals surface area contributed by atoms with Crippen molar-refractivity contribution < 1.29 is 9.59 Å². The van der Waals surface area contributed by atoms with Gasteiger partial charge in [-0.1, -0.05) is 66.7 Å². The summed E-state index contributed by atoms with van der Waals surface area (Å²) in [5.74, 6) is -0.916. The zero-order valence-corrected chi connectivity index (χ0v) is 16.1. The molecule has 4 heteroatoms. The van der Waals surface area contributed by atoms with Gasteiger partial charge >= 0.3 is 0 Å². The molecule has 0 aromatic heterocycles. The molecule has 0 bridgehead atoms. The number of rotatable bonds is 6. The highest BCUT2D eigenvalue weighted by atomic mass is 16.2. The molecule has 0 unspecified atom stereocenters. The van der Waals surface area contributed by atoms with Gasteiger partial charge in [-0.15, -0.1) is 0 Å². The molecule has 0 heterocycles. The van der Waals surface area contributed by atoms with Crippen LogP contribution in [0.15, 0.2) is 78.9 Å². The number of carbonyl (C=O) groups is 2. The lowest BCUT2D eigenvalue weighted by Crippen LogP contribution is -2.36. The van der Waals surface area contributed by atoms with Crippen LogP contribution in [0.25, 0.3) is 0 Å². The second-order valence-corrected chi connectivity index (χ2v) is 6.82. The van der Waals surface area contributed by atoms with Crippen LogP contribution in [-0.4, -0.2) is 18.4 Å². The number of anilines is 1. The van der Waals surface area contributed by atoms with Crippen molar-refractivity contribution in [2.24, 2.45) is 0 Å². The zero-order valence-electron chi connectivity index (χ0n) is 16.1. The van der Waals surface area contributed by atoms with Crippen LogP contribution in [0.2, 0.25) is 0 Å². The first-order chi connectivity index (χ1) is 13.5. The maximum atomic E-state index is 12.9. The lowest BCUT2D eigenvalue weighted by molar-refractivity contribution is -0.124.